The van der Waals surface area contributed by atoms with Crippen molar-refractivity contribution in [3.8, 4) is 5.75 Å². The van der Waals surface area contributed by atoms with Gasteiger partial charge in [0, 0.05) is 76.3 Å². The predicted molar refractivity (Wildman–Crippen MR) is 125 cm³/mol. The van der Waals surface area contributed by atoms with Gasteiger partial charge in [-0.05, 0) is 43.4 Å². The van der Waals surface area contributed by atoms with Crippen molar-refractivity contribution in [2.24, 2.45) is 5.92 Å². The molecular formula is C27H36N2O5. The van der Waals surface area contributed by atoms with Gasteiger partial charge in [0.25, 0.3) is 0 Å². The van der Waals surface area contributed by atoms with Crippen molar-refractivity contribution >= 4 is 11.9 Å². The normalized spacial score (nSPS) is 30.7. The third kappa shape index (κ3) is 3.91. The van der Waals surface area contributed by atoms with Crippen LogP contribution in [0.25, 0.3) is 0 Å². The van der Waals surface area contributed by atoms with Gasteiger partial charge >= 0.3 is 5.97 Å². The van der Waals surface area contributed by atoms with Crippen molar-refractivity contribution in [2.45, 2.75) is 88.7 Å². The fourth-order valence-electron chi connectivity index (χ4n) is 6.50. The first-order chi connectivity index (χ1) is 16.5. The van der Waals surface area contributed by atoms with E-state index in [0.717, 1.165) is 74.8 Å². The molecule has 0 aromatic heterocycles. The molecule has 7 nitrogen and oxygen atoms in total. The summed E-state index contributed by atoms with van der Waals surface area (Å²) in [5.74, 6) is 0.167. The minimum atomic E-state index is -0.732. The molecule has 1 aromatic carbocycles. The minimum Gasteiger partial charge on any atom is -0.462 e. The Bertz CT molecular complexity index is 954. The van der Waals surface area contributed by atoms with Crippen LogP contribution in [0.5, 0.6) is 5.75 Å². The minimum absolute atomic E-state index is 0.0786. The second-order valence-corrected chi connectivity index (χ2v) is 11.0. The van der Waals surface area contributed by atoms with Crippen LogP contribution in [-0.4, -0.2) is 59.7 Å². The molecule has 34 heavy (non-hydrogen) atoms. The molecule has 1 amide bonds. The van der Waals surface area contributed by atoms with Crippen molar-refractivity contribution in [2.75, 3.05) is 26.2 Å². The summed E-state index contributed by atoms with van der Waals surface area (Å²) in [5, 5.41) is 0. The largest absolute Gasteiger partial charge is 0.462 e. The lowest BCUT2D eigenvalue weighted by atomic mass is 9.66. The Morgan fingerprint density at radius 3 is 2.41 bits per heavy atom. The maximum atomic E-state index is 12.9. The summed E-state index contributed by atoms with van der Waals surface area (Å²) in [7, 11) is 0. The molecule has 0 bridgehead atoms. The number of hydrogen-bond donors (Lipinski definition) is 0. The number of fused-ring (bicyclic) bond motifs is 1. The van der Waals surface area contributed by atoms with Crippen molar-refractivity contribution < 1.29 is 23.8 Å². The lowest BCUT2D eigenvalue weighted by molar-refractivity contribution is -0.231. The molecule has 2 aliphatic carbocycles. The summed E-state index contributed by atoms with van der Waals surface area (Å²) in [6, 6.07) is 6.84. The van der Waals surface area contributed by atoms with Crippen LogP contribution in [0, 0.1) is 5.92 Å². The number of benzene rings is 1. The molecule has 0 radical (unpaired) electrons. The maximum Gasteiger partial charge on any atom is 0.303 e. The van der Waals surface area contributed by atoms with E-state index in [-0.39, 0.29) is 17.8 Å². The van der Waals surface area contributed by atoms with Crippen LogP contribution in [-0.2, 0) is 31.3 Å². The van der Waals surface area contributed by atoms with E-state index in [1.165, 1.54) is 26.2 Å². The van der Waals surface area contributed by atoms with Gasteiger partial charge in [-0.3, -0.25) is 14.5 Å². The van der Waals surface area contributed by atoms with Gasteiger partial charge in [0.2, 0.25) is 11.7 Å². The second-order valence-electron chi connectivity index (χ2n) is 11.0. The quantitative estimate of drug-likeness (QED) is 0.628. The van der Waals surface area contributed by atoms with Crippen molar-refractivity contribution in [3.05, 3.63) is 29.3 Å². The molecule has 2 saturated carbocycles. The van der Waals surface area contributed by atoms with Crippen LogP contribution in [0.2, 0.25) is 0 Å². The Labute approximate surface area is 201 Å². The fraction of sp³-hybridized carbons (Fsp3) is 0.704. The van der Waals surface area contributed by atoms with E-state index in [2.05, 4.69) is 11.0 Å². The average molecular weight is 469 g/mol. The number of nitrogens with zero attached hydrogens (tertiary/aromatic N) is 2. The number of likely N-dealkylation sites (tertiary alicyclic amines) is 2. The second kappa shape index (κ2) is 8.52. The molecule has 7 heteroatoms. The van der Waals surface area contributed by atoms with E-state index in [1.807, 2.05) is 17.0 Å². The Morgan fingerprint density at radius 2 is 1.76 bits per heavy atom. The highest BCUT2D eigenvalue weighted by atomic mass is 16.7. The monoisotopic (exact) mass is 468 g/mol. The standard InChI is InChI=1S/C27H36N2O5/c1-19(30)33-26(16-21(17-26)25(31)29-11-2-3-12-29)22-7-8-24-20(15-22)18-32-27(34-24)9-13-28(14-10-27)23-5-4-6-23/h7-8,15,21,23H,2-6,9-14,16-18H2,1H3. The van der Waals surface area contributed by atoms with E-state index in [9.17, 15) is 9.59 Å². The van der Waals surface area contributed by atoms with Crippen LogP contribution in [0.3, 0.4) is 0 Å². The molecule has 6 rings (SSSR count). The number of piperidine rings is 1. The Kier molecular flexibility index (Phi) is 5.60. The first-order valence-corrected chi connectivity index (χ1v) is 13.1. The Hall–Kier alpha value is -2.12. The van der Waals surface area contributed by atoms with Gasteiger partial charge in [-0.25, -0.2) is 0 Å². The van der Waals surface area contributed by atoms with Gasteiger partial charge < -0.3 is 19.1 Å². The molecule has 1 spiro atoms. The summed E-state index contributed by atoms with van der Waals surface area (Å²) >= 11 is 0. The highest BCUT2D eigenvalue weighted by Gasteiger charge is 2.53. The number of amides is 1. The van der Waals surface area contributed by atoms with E-state index >= 15 is 0 Å². The zero-order chi connectivity index (χ0) is 23.3. The Morgan fingerprint density at radius 1 is 1.03 bits per heavy atom. The van der Waals surface area contributed by atoms with E-state index in [4.69, 9.17) is 14.2 Å². The SMILES string of the molecule is CC(=O)OC1(c2ccc3c(c2)COC2(CCN(C4CCC4)CC2)O3)CC(C(=O)N2CCCC2)C1. The fourth-order valence-corrected chi connectivity index (χ4v) is 6.50. The molecule has 184 valence electrons. The predicted octanol–water partition coefficient (Wildman–Crippen LogP) is 3.73. The number of ether oxygens (including phenoxy) is 3. The molecule has 5 aliphatic rings. The first kappa shape index (κ1) is 22.4. The number of esters is 1. The maximum absolute atomic E-state index is 12.9. The van der Waals surface area contributed by atoms with Gasteiger partial charge in [0.15, 0.2) is 0 Å². The zero-order valence-corrected chi connectivity index (χ0v) is 20.2. The summed E-state index contributed by atoms with van der Waals surface area (Å²) in [5.41, 5.74) is 1.20. The molecular weight excluding hydrogens is 432 g/mol. The number of carbonyl (C=O) groups is 2. The molecule has 3 heterocycles. The molecule has 2 saturated heterocycles. The van der Waals surface area contributed by atoms with Crippen molar-refractivity contribution in [3.63, 3.8) is 0 Å². The summed E-state index contributed by atoms with van der Waals surface area (Å²) < 4.78 is 18.6. The van der Waals surface area contributed by atoms with E-state index in [0.29, 0.717) is 19.4 Å². The van der Waals surface area contributed by atoms with Crippen LogP contribution in [0.1, 0.15) is 75.8 Å². The lowest BCUT2D eigenvalue weighted by Crippen LogP contribution is -2.54. The molecule has 4 fully saturated rings. The van der Waals surface area contributed by atoms with Crippen molar-refractivity contribution in [1.82, 2.24) is 9.80 Å². The summed E-state index contributed by atoms with van der Waals surface area (Å²) in [4.78, 5) is 29.4. The summed E-state index contributed by atoms with van der Waals surface area (Å²) in [6.07, 6.45) is 9.05. The number of hydrogen-bond acceptors (Lipinski definition) is 6. The molecule has 0 unspecified atom stereocenters. The zero-order valence-electron chi connectivity index (χ0n) is 20.2. The molecule has 0 atom stereocenters. The topological polar surface area (TPSA) is 68.3 Å². The first-order valence-electron chi connectivity index (χ1n) is 13.1. The van der Waals surface area contributed by atoms with Gasteiger partial charge in [0.1, 0.15) is 11.4 Å². The van der Waals surface area contributed by atoms with Gasteiger partial charge in [-0.1, -0.05) is 12.5 Å². The molecule has 0 N–H and O–H groups in total. The highest BCUT2D eigenvalue weighted by molar-refractivity contribution is 5.81. The average Bonchev–Trinajstić information content (AvgIpc) is 3.31. The van der Waals surface area contributed by atoms with E-state index in [1.54, 1.807) is 0 Å². The van der Waals surface area contributed by atoms with Crippen LogP contribution in [0.15, 0.2) is 18.2 Å². The van der Waals surface area contributed by atoms with Crippen LogP contribution >= 0.6 is 0 Å². The number of rotatable bonds is 4. The summed E-state index contributed by atoms with van der Waals surface area (Å²) in [6.45, 7) is 5.70. The van der Waals surface area contributed by atoms with Gasteiger partial charge in [0.05, 0.1) is 6.61 Å². The van der Waals surface area contributed by atoms with Crippen LogP contribution < -0.4 is 4.74 Å². The van der Waals surface area contributed by atoms with E-state index < -0.39 is 11.4 Å². The van der Waals surface area contributed by atoms with Crippen molar-refractivity contribution in [1.29, 1.82) is 0 Å². The molecule has 1 aromatic rings. The third-order valence-corrected chi connectivity index (χ3v) is 8.78. The highest BCUT2D eigenvalue weighted by Crippen LogP contribution is 2.51. The smallest absolute Gasteiger partial charge is 0.303 e. The van der Waals surface area contributed by atoms with Gasteiger partial charge in [-0.15, -0.1) is 0 Å². The number of carbonyl (C=O) groups excluding carboxylic acids is 2. The van der Waals surface area contributed by atoms with Gasteiger partial charge in [-0.2, -0.15) is 0 Å². The Balaban J connectivity index is 1.15. The molecule has 3 aliphatic heterocycles. The lowest BCUT2D eigenvalue weighted by Gasteiger charge is -2.48. The third-order valence-electron chi connectivity index (χ3n) is 8.78. The van der Waals surface area contributed by atoms with Crippen LogP contribution in [0.4, 0.5) is 0 Å².